The highest BCUT2D eigenvalue weighted by Crippen LogP contribution is 2.23. The highest BCUT2D eigenvalue weighted by atomic mass is 32.3. The van der Waals surface area contributed by atoms with Gasteiger partial charge in [-0.15, -0.1) is 0 Å². The molecule has 0 spiro atoms. The summed E-state index contributed by atoms with van der Waals surface area (Å²) in [6.45, 7) is 4.98. The molecule has 1 saturated carbocycles. The quantitative estimate of drug-likeness (QED) is 0.356. The van der Waals surface area contributed by atoms with E-state index in [4.69, 9.17) is 27.0 Å². The number of ether oxygens (including phenoxy) is 2. The Balaban J connectivity index is 0.000000614. The lowest BCUT2D eigenvalue weighted by atomic mass is 9.98. The molecule has 2 N–H and O–H groups in total. The van der Waals surface area contributed by atoms with Crippen LogP contribution in [0.25, 0.3) is 0 Å². The fourth-order valence-electron chi connectivity index (χ4n) is 4.05. The summed E-state index contributed by atoms with van der Waals surface area (Å²) in [5.74, 6) is 0.619. The SMILES string of the molecule is C[C@@H]1CCCCN1CCCOC(=O)c1ccc(OC2CCCCC2)cc1.O=S(=O)(O)O. The van der Waals surface area contributed by atoms with Gasteiger partial charge in [0.1, 0.15) is 5.75 Å². The Morgan fingerprint density at radius 2 is 1.65 bits per heavy atom. The third-order valence-electron chi connectivity index (χ3n) is 5.71. The number of benzene rings is 1. The number of hydrogen-bond acceptors (Lipinski definition) is 6. The summed E-state index contributed by atoms with van der Waals surface area (Å²) in [6.07, 6.45) is 11.3. The van der Waals surface area contributed by atoms with E-state index in [0.717, 1.165) is 31.6 Å². The van der Waals surface area contributed by atoms with Crippen LogP contribution in [0.15, 0.2) is 24.3 Å². The Kier molecular flexibility index (Phi) is 10.7. The second-order valence-corrected chi connectivity index (χ2v) is 9.12. The molecule has 0 amide bonds. The summed E-state index contributed by atoms with van der Waals surface area (Å²) >= 11 is 0. The molecule has 2 aliphatic rings. The molecule has 1 aromatic carbocycles. The van der Waals surface area contributed by atoms with Gasteiger partial charge in [0.2, 0.25) is 0 Å². The number of piperidine rings is 1. The molecule has 2 fully saturated rings. The number of carbonyl (C=O) groups is 1. The molecule has 1 saturated heterocycles. The third-order valence-corrected chi connectivity index (χ3v) is 5.71. The van der Waals surface area contributed by atoms with Gasteiger partial charge in [-0.3, -0.25) is 9.11 Å². The predicted octanol–water partition coefficient (Wildman–Crippen LogP) is 4.17. The summed E-state index contributed by atoms with van der Waals surface area (Å²) in [4.78, 5) is 14.7. The van der Waals surface area contributed by atoms with Gasteiger partial charge in [0.25, 0.3) is 0 Å². The second-order valence-electron chi connectivity index (χ2n) is 8.22. The van der Waals surface area contributed by atoms with Crippen LogP contribution in [0, 0.1) is 0 Å². The van der Waals surface area contributed by atoms with E-state index in [1.165, 1.54) is 45.1 Å². The van der Waals surface area contributed by atoms with Gasteiger partial charge in [-0.1, -0.05) is 12.8 Å². The van der Waals surface area contributed by atoms with Gasteiger partial charge in [-0.2, -0.15) is 8.42 Å². The minimum Gasteiger partial charge on any atom is -0.490 e. The molecule has 0 aromatic heterocycles. The highest BCUT2D eigenvalue weighted by Gasteiger charge is 2.18. The number of rotatable bonds is 7. The van der Waals surface area contributed by atoms with E-state index in [0.29, 0.717) is 24.3 Å². The number of carbonyl (C=O) groups excluding carboxylic acids is 1. The molecule has 1 aliphatic heterocycles. The van der Waals surface area contributed by atoms with Crippen molar-refractivity contribution in [1.82, 2.24) is 4.90 Å². The third kappa shape index (κ3) is 11.0. The van der Waals surface area contributed by atoms with E-state index >= 15 is 0 Å². The van der Waals surface area contributed by atoms with E-state index in [1.807, 2.05) is 24.3 Å². The summed E-state index contributed by atoms with van der Waals surface area (Å²) < 4.78 is 43.0. The normalized spacial score (nSPS) is 20.4. The van der Waals surface area contributed by atoms with E-state index in [-0.39, 0.29) is 5.97 Å². The maximum atomic E-state index is 12.2. The molecule has 0 bridgehead atoms. The van der Waals surface area contributed by atoms with Crippen LogP contribution in [-0.2, 0) is 15.1 Å². The van der Waals surface area contributed by atoms with Gasteiger partial charge in [0, 0.05) is 12.6 Å². The molecule has 3 rings (SSSR count). The fourth-order valence-corrected chi connectivity index (χ4v) is 4.05. The Labute approximate surface area is 185 Å². The van der Waals surface area contributed by atoms with Crippen molar-refractivity contribution < 1.29 is 31.8 Å². The van der Waals surface area contributed by atoms with Gasteiger partial charge in [0.15, 0.2) is 0 Å². The Morgan fingerprint density at radius 1 is 1.03 bits per heavy atom. The van der Waals surface area contributed by atoms with Crippen LogP contribution in [0.4, 0.5) is 0 Å². The topological polar surface area (TPSA) is 113 Å². The zero-order chi connectivity index (χ0) is 22.7. The number of esters is 1. The molecule has 8 nitrogen and oxygen atoms in total. The van der Waals surface area contributed by atoms with Gasteiger partial charge >= 0.3 is 16.4 Å². The first-order valence-electron chi connectivity index (χ1n) is 11.1. The molecule has 0 unspecified atom stereocenters. The van der Waals surface area contributed by atoms with Crippen LogP contribution < -0.4 is 4.74 Å². The Hall–Kier alpha value is -1.68. The smallest absolute Gasteiger partial charge is 0.394 e. The van der Waals surface area contributed by atoms with Crippen LogP contribution in [-0.4, -0.2) is 60.2 Å². The van der Waals surface area contributed by atoms with Crippen LogP contribution in [0.3, 0.4) is 0 Å². The van der Waals surface area contributed by atoms with E-state index in [9.17, 15) is 4.79 Å². The van der Waals surface area contributed by atoms with Crippen LogP contribution in [0.1, 0.15) is 75.1 Å². The van der Waals surface area contributed by atoms with Crippen LogP contribution in [0.5, 0.6) is 5.75 Å². The summed E-state index contributed by atoms with van der Waals surface area (Å²) in [5.41, 5.74) is 0.604. The van der Waals surface area contributed by atoms with E-state index in [1.54, 1.807) is 0 Å². The minimum absolute atomic E-state index is 0.235. The first-order valence-corrected chi connectivity index (χ1v) is 12.5. The molecule has 1 atom stereocenters. The number of likely N-dealkylation sites (tertiary alicyclic amines) is 1. The minimum atomic E-state index is -4.67. The van der Waals surface area contributed by atoms with Gasteiger partial charge in [-0.05, 0) is 82.7 Å². The zero-order valence-corrected chi connectivity index (χ0v) is 19.1. The first-order chi connectivity index (χ1) is 14.7. The van der Waals surface area contributed by atoms with E-state index < -0.39 is 10.4 Å². The molecule has 1 aliphatic carbocycles. The molecular weight excluding hydrogens is 422 g/mol. The lowest BCUT2D eigenvalue weighted by molar-refractivity contribution is 0.0475. The van der Waals surface area contributed by atoms with Gasteiger partial charge in [0.05, 0.1) is 18.3 Å². The summed E-state index contributed by atoms with van der Waals surface area (Å²) in [6, 6.07) is 8.07. The standard InChI is InChI=1S/C22H33NO3.H2O4S/c1-18-8-5-6-15-23(18)16-7-17-25-22(24)19-11-13-21(14-12-19)26-20-9-3-2-4-10-20;1-5(2,3)4/h11-14,18,20H,2-10,15-17H2,1H3;(H2,1,2,3,4)/t18-;/m1./s1. The molecule has 1 heterocycles. The maximum Gasteiger partial charge on any atom is 0.394 e. The lowest BCUT2D eigenvalue weighted by Gasteiger charge is -2.33. The first kappa shape index (κ1) is 25.6. The zero-order valence-electron chi connectivity index (χ0n) is 18.2. The molecule has 0 radical (unpaired) electrons. The maximum absolute atomic E-state index is 12.2. The summed E-state index contributed by atoms with van der Waals surface area (Å²) in [5, 5.41) is 0. The van der Waals surface area contributed by atoms with Crippen molar-refractivity contribution in [2.24, 2.45) is 0 Å². The largest absolute Gasteiger partial charge is 0.490 e. The fraction of sp³-hybridized carbons (Fsp3) is 0.682. The van der Waals surface area contributed by atoms with Crippen LogP contribution >= 0.6 is 0 Å². The molecule has 1 aromatic rings. The number of hydrogen-bond donors (Lipinski definition) is 2. The predicted molar refractivity (Wildman–Crippen MR) is 118 cm³/mol. The van der Waals surface area contributed by atoms with Crippen molar-refractivity contribution >= 4 is 16.4 Å². The molecule has 9 heteroatoms. The van der Waals surface area contributed by atoms with Crippen LogP contribution in [0.2, 0.25) is 0 Å². The van der Waals surface area contributed by atoms with Crippen molar-refractivity contribution in [2.45, 2.75) is 76.9 Å². The Bertz CT molecular complexity index is 753. The lowest BCUT2D eigenvalue weighted by Crippen LogP contribution is -2.38. The van der Waals surface area contributed by atoms with Gasteiger partial charge < -0.3 is 14.4 Å². The van der Waals surface area contributed by atoms with E-state index in [2.05, 4.69) is 11.8 Å². The molecule has 31 heavy (non-hydrogen) atoms. The molecular formula is C22H35NO7S. The number of nitrogens with zero attached hydrogens (tertiary/aromatic N) is 1. The van der Waals surface area contributed by atoms with Crippen molar-refractivity contribution in [3.05, 3.63) is 29.8 Å². The highest BCUT2D eigenvalue weighted by molar-refractivity contribution is 7.79. The monoisotopic (exact) mass is 457 g/mol. The van der Waals surface area contributed by atoms with Crippen molar-refractivity contribution in [1.29, 1.82) is 0 Å². The average molecular weight is 458 g/mol. The van der Waals surface area contributed by atoms with Crippen molar-refractivity contribution in [3.8, 4) is 5.75 Å². The summed E-state index contributed by atoms with van der Waals surface area (Å²) in [7, 11) is -4.67. The molecule has 176 valence electrons. The Morgan fingerprint density at radius 3 is 2.26 bits per heavy atom. The average Bonchev–Trinajstić information content (AvgIpc) is 2.72. The van der Waals surface area contributed by atoms with Crippen molar-refractivity contribution in [3.63, 3.8) is 0 Å². The van der Waals surface area contributed by atoms with Gasteiger partial charge in [-0.25, -0.2) is 4.79 Å². The second kappa shape index (κ2) is 13.0. The van der Waals surface area contributed by atoms with Crippen molar-refractivity contribution in [2.75, 3.05) is 19.7 Å².